The van der Waals surface area contributed by atoms with E-state index in [1.54, 1.807) is 6.07 Å². The Morgan fingerprint density at radius 2 is 2.05 bits per heavy atom. The highest BCUT2D eigenvalue weighted by atomic mass is 16.5. The predicted molar refractivity (Wildman–Crippen MR) is 74.1 cm³/mol. The number of amides is 1. The zero-order valence-corrected chi connectivity index (χ0v) is 10.9. The summed E-state index contributed by atoms with van der Waals surface area (Å²) in [6, 6.07) is 7.38. The molecule has 0 radical (unpaired) electrons. The average molecular weight is 261 g/mol. The molecule has 5 heteroatoms. The summed E-state index contributed by atoms with van der Waals surface area (Å²) in [6.07, 6.45) is 4.89. The van der Waals surface area contributed by atoms with Crippen LogP contribution >= 0.6 is 0 Å². The van der Waals surface area contributed by atoms with Crippen LogP contribution in [0.1, 0.15) is 24.8 Å². The smallest absolute Gasteiger partial charge is 0.260 e. The van der Waals surface area contributed by atoms with Crippen molar-refractivity contribution < 1.29 is 9.53 Å². The Kier molecular flexibility index (Phi) is 4.78. The van der Waals surface area contributed by atoms with Gasteiger partial charge in [0.05, 0.1) is 6.21 Å². The second-order valence-corrected chi connectivity index (χ2v) is 4.55. The van der Waals surface area contributed by atoms with Crippen molar-refractivity contribution in [1.82, 2.24) is 4.90 Å². The lowest BCUT2D eigenvalue weighted by Gasteiger charge is -2.26. The Morgan fingerprint density at radius 1 is 1.32 bits per heavy atom. The fourth-order valence-corrected chi connectivity index (χ4v) is 2.17. The van der Waals surface area contributed by atoms with Crippen molar-refractivity contribution in [3.63, 3.8) is 0 Å². The number of hydrogen-bond donors (Lipinski definition) is 1. The summed E-state index contributed by atoms with van der Waals surface area (Å²) in [5.74, 6) is 5.81. The van der Waals surface area contributed by atoms with Crippen LogP contribution < -0.4 is 10.6 Å². The summed E-state index contributed by atoms with van der Waals surface area (Å²) < 4.78 is 5.57. The number of ether oxygens (including phenoxy) is 1. The first-order valence-electron chi connectivity index (χ1n) is 6.54. The van der Waals surface area contributed by atoms with Crippen molar-refractivity contribution in [3.05, 3.63) is 29.8 Å². The highest BCUT2D eigenvalue weighted by Gasteiger charge is 2.17. The normalized spacial score (nSPS) is 15.7. The maximum atomic E-state index is 12.0. The standard InChI is InChI=1S/C14H19N3O2/c15-16-10-12-6-2-3-7-13(12)19-11-14(18)17-8-4-1-5-9-17/h2-3,6-7,10H,1,4-5,8-9,11,15H2. The molecule has 1 aliphatic heterocycles. The van der Waals surface area contributed by atoms with Gasteiger partial charge in [-0.25, -0.2) is 0 Å². The van der Waals surface area contributed by atoms with E-state index in [9.17, 15) is 4.79 Å². The molecule has 0 atom stereocenters. The second kappa shape index (κ2) is 6.78. The highest BCUT2D eigenvalue weighted by Crippen LogP contribution is 2.16. The van der Waals surface area contributed by atoms with Gasteiger partial charge in [0.2, 0.25) is 0 Å². The van der Waals surface area contributed by atoms with Gasteiger partial charge in [0.25, 0.3) is 5.91 Å². The molecule has 1 saturated heterocycles. The Bertz CT molecular complexity index is 454. The number of piperidine rings is 1. The van der Waals surface area contributed by atoms with Crippen LogP contribution in [0.25, 0.3) is 0 Å². The van der Waals surface area contributed by atoms with Crippen molar-refractivity contribution in [2.45, 2.75) is 19.3 Å². The molecule has 1 heterocycles. The van der Waals surface area contributed by atoms with Crippen molar-refractivity contribution in [1.29, 1.82) is 0 Å². The van der Waals surface area contributed by atoms with E-state index >= 15 is 0 Å². The average Bonchev–Trinajstić information content (AvgIpc) is 2.47. The number of nitrogens with two attached hydrogens (primary N) is 1. The van der Waals surface area contributed by atoms with Gasteiger partial charge in [0.15, 0.2) is 6.61 Å². The Hall–Kier alpha value is -2.04. The Balaban J connectivity index is 1.92. The molecule has 5 nitrogen and oxygen atoms in total. The molecule has 1 aromatic carbocycles. The first kappa shape index (κ1) is 13.4. The third kappa shape index (κ3) is 3.71. The van der Waals surface area contributed by atoms with E-state index in [2.05, 4.69) is 5.10 Å². The van der Waals surface area contributed by atoms with Gasteiger partial charge < -0.3 is 15.5 Å². The van der Waals surface area contributed by atoms with Gasteiger partial charge >= 0.3 is 0 Å². The van der Waals surface area contributed by atoms with Crippen LogP contribution in [0.2, 0.25) is 0 Å². The van der Waals surface area contributed by atoms with Gasteiger partial charge in [-0.2, -0.15) is 5.10 Å². The summed E-state index contributed by atoms with van der Waals surface area (Å²) >= 11 is 0. The van der Waals surface area contributed by atoms with E-state index in [0.717, 1.165) is 31.5 Å². The molecule has 2 rings (SSSR count). The van der Waals surface area contributed by atoms with Gasteiger partial charge in [-0.3, -0.25) is 4.79 Å². The number of hydrazone groups is 1. The molecular formula is C14H19N3O2. The molecule has 0 unspecified atom stereocenters. The SMILES string of the molecule is NN=Cc1ccccc1OCC(=O)N1CCCCC1. The van der Waals surface area contributed by atoms with E-state index in [0.29, 0.717) is 5.75 Å². The molecule has 0 bridgehead atoms. The molecule has 0 aromatic heterocycles. The number of para-hydroxylation sites is 1. The van der Waals surface area contributed by atoms with Gasteiger partial charge in [0, 0.05) is 18.7 Å². The zero-order chi connectivity index (χ0) is 13.5. The molecule has 0 spiro atoms. The minimum Gasteiger partial charge on any atom is -0.483 e. The summed E-state index contributed by atoms with van der Waals surface area (Å²) in [7, 11) is 0. The van der Waals surface area contributed by atoms with Gasteiger partial charge in [0.1, 0.15) is 5.75 Å². The lowest BCUT2D eigenvalue weighted by Crippen LogP contribution is -2.38. The molecule has 0 aliphatic carbocycles. The zero-order valence-electron chi connectivity index (χ0n) is 10.9. The van der Waals surface area contributed by atoms with E-state index < -0.39 is 0 Å². The molecular weight excluding hydrogens is 242 g/mol. The number of likely N-dealkylation sites (tertiary alicyclic amines) is 1. The molecule has 1 amide bonds. The van der Waals surface area contributed by atoms with Gasteiger partial charge in [-0.05, 0) is 31.4 Å². The van der Waals surface area contributed by atoms with Crippen molar-refractivity contribution in [2.75, 3.05) is 19.7 Å². The van der Waals surface area contributed by atoms with Gasteiger partial charge in [-0.15, -0.1) is 0 Å². The van der Waals surface area contributed by atoms with Crippen molar-refractivity contribution >= 4 is 12.1 Å². The van der Waals surface area contributed by atoms with E-state index in [1.165, 1.54) is 12.6 Å². The Labute approximate surface area is 113 Å². The number of carbonyl (C=O) groups is 1. The molecule has 19 heavy (non-hydrogen) atoms. The summed E-state index contributed by atoms with van der Waals surface area (Å²) in [5.41, 5.74) is 0.774. The first-order valence-corrected chi connectivity index (χ1v) is 6.54. The van der Waals surface area contributed by atoms with Crippen LogP contribution in [-0.2, 0) is 4.79 Å². The van der Waals surface area contributed by atoms with Crippen LogP contribution in [0, 0.1) is 0 Å². The fraction of sp³-hybridized carbons (Fsp3) is 0.429. The maximum Gasteiger partial charge on any atom is 0.260 e. The monoisotopic (exact) mass is 261 g/mol. The van der Waals surface area contributed by atoms with Crippen LogP contribution in [0.5, 0.6) is 5.75 Å². The first-order chi connectivity index (χ1) is 9.31. The van der Waals surface area contributed by atoms with Crippen LogP contribution in [0.3, 0.4) is 0 Å². The quantitative estimate of drug-likeness (QED) is 0.505. The third-order valence-corrected chi connectivity index (χ3v) is 3.19. The number of carbonyl (C=O) groups excluding carboxylic acids is 1. The van der Waals surface area contributed by atoms with E-state index in [4.69, 9.17) is 10.6 Å². The number of nitrogens with zero attached hydrogens (tertiary/aromatic N) is 2. The molecule has 1 aromatic rings. The Morgan fingerprint density at radius 3 is 2.79 bits per heavy atom. The fourth-order valence-electron chi connectivity index (χ4n) is 2.17. The largest absolute Gasteiger partial charge is 0.483 e. The van der Waals surface area contributed by atoms with Gasteiger partial charge in [-0.1, -0.05) is 12.1 Å². The van der Waals surface area contributed by atoms with Crippen molar-refractivity contribution in [2.24, 2.45) is 10.9 Å². The minimum atomic E-state index is 0.0409. The third-order valence-electron chi connectivity index (χ3n) is 3.19. The van der Waals surface area contributed by atoms with E-state index in [-0.39, 0.29) is 12.5 Å². The molecule has 2 N–H and O–H groups in total. The van der Waals surface area contributed by atoms with Crippen LogP contribution in [0.15, 0.2) is 29.4 Å². The van der Waals surface area contributed by atoms with Crippen molar-refractivity contribution in [3.8, 4) is 5.75 Å². The van der Waals surface area contributed by atoms with Crippen LogP contribution in [0.4, 0.5) is 0 Å². The highest BCUT2D eigenvalue weighted by molar-refractivity contribution is 5.83. The lowest BCUT2D eigenvalue weighted by atomic mass is 10.1. The second-order valence-electron chi connectivity index (χ2n) is 4.55. The molecule has 102 valence electrons. The van der Waals surface area contributed by atoms with E-state index in [1.807, 2.05) is 23.1 Å². The molecule has 1 fully saturated rings. The summed E-state index contributed by atoms with van der Waals surface area (Å²) in [5, 5.41) is 3.48. The molecule has 1 aliphatic rings. The number of hydrogen-bond acceptors (Lipinski definition) is 4. The predicted octanol–water partition coefficient (Wildman–Crippen LogP) is 1.37. The maximum absolute atomic E-state index is 12.0. The number of benzene rings is 1. The minimum absolute atomic E-state index is 0.0409. The van der Waals surface area contributed by atoms with Crippen LogP contribution in [-0.4, -0.2) is 36.7 Å². The lowest BCUT2D eigenvalue weighted by molar-refractivity contribution is -0.134. The number of rotatable bonds is 4. The summed E-state index contributed by atoms with van der Waals surface area (Å²) in [4.78, 5) is 13.8. The summed E-state index contributed by atoms with van der Waals surface area (Å²) in [6.45, 7) is 1.75. The topological polar surface area (TPSA) is 67.9 Å². The molecule has 0 saturated carbocycles.